The molecule has 27 heavy (non-hydrogen) atoms. The molecule has 2 amide bonds. The molecule has 2 aliphatic carbocycles. The van der Waals surface area contributed by atoms with E-state index < -0.39 is 15.9 Å². The predicted octanol–water partition coefficient (Wildman–Crippen LogP) is 4.18. The van der Waals surface area contributed by atoms with Gasteiger partial charge in [-0.3, -0.25) is 4.98 Å². The molecule has 6 nitrogen and oxygen atoms in total. The summed E-state index contributed by atoms with van der Waals surface area (Å²) in [7, 11) is -3.25. The van der Waals surface area contributed by atoms with E-state index in [0.29, 0.717) is 10.1 Å². The molecule has 2 aromatic rings. The number of nitrogens with two attached hydrogens (primary N) is 1. The summed E-state index contributed by atoms with van der Waals surface area (Å²) in [6, 6.07) is 1.15. The number of carbonyl (C=O) groups excluding carboxylic acids is 1. The van der Waals surface area contributed by atoms with Gasteiger partial charge in [-0.05, 0) is 72.6 Å². The number of hydrogen-bond acceptors (Lipinski definition) is 4. The Balaban J connectivity index is 1.65. The van der Waals surface area contributed by atoms with Crippen LogP contribution in [-0.2, 0) is 35.6 Å². The molecule has 0 aliphatic heterocycles. The first kappa shape index (κ1) is 18.6. The number of aromatic nitrogens is 1. The number of amides is 2. The standard InChI is InChI=1S/C19H24N4O2S2/c1-11(2)12-9-17(26-10-12)27(20,25)23-19(24)22-18-13-5-3-7-15(13)21-16-8-4-6-14(16)18/h9-11H,3-8H2,1-2H3,(H3,20,21,22,23,24,25)/t27-/m0/s1. The van der Waals surface area contributed by atoms with Gasteiger partial charge in [0, 0.05) is 11.4 Å². The normalized spacial score (nSPS) is 17.5. The van der Waals surface area contributed by atoms with Gasteiger partial charge in [0.05, 0.1) is 5.69 Å². The van der Waals surface area contributed by atoms with Gasteiger partial charge in [-0.2, -0.15) is 0 Å². The molecule has 0 spiro atoms. The minimum atomic E-state index is -3.25. The van der Waals surface area contributed by atoms with Crippen LogP contribution in [0, 0.1) is 0 Å². The molecule has 0 aromatic carbocycles. The maximum Gasteiger partial charge on any atom is 0.354 e. The molecule has 144 valence electrons. The summed E-state index contributed by atoms with van der Waals surface area (Å²) in [5.41, 5.74) is 6.27. The zero-order chi connectivity index (χ0) is 19.2. The smallest absolute Gasteiger partial charge is 0.305 e. The average Bonchev–Trinajstić information content (AvgIpc) is 3.34. The summed E-state index contributed by atoms with van der Waals surface area (Å²) in [6.07, 6.45) is 5.81. The van der Waals surface area contributed by atoms with Crippen molar-refractivity contribution in [1.29, 1.82) is 0 Å². The van der Waals surface area contributed by atoms with Crippen LogP contribution in [0.1, 0.15) is 60.7 Å². The van der Waals surface area contributed by atoms with Gasteiger partial charge >= 0.3 is 6.03 Å². The molecule has 2 heterocycles. The van der Waals surface area contributed by atoms with E-state index in [1.165, 1.54) is 11.3 Å². The zero-order valence-electron chi connectivity index (χ0n) is 15.6. The molecule has 0 fully saturated rings. The minimum Gasteiger partial charge on any atom is -0.305 e. The Morgan fingerprint density at radius 3 is 2.41 bits per heavy atom. The Hall–Kier alpha value is -1.77. The molecule has 4 rings (SSSR count). The third-order valence-corrected chi connectivity index (χ3v) is 8.13. The Morgan fingerprint density at radius 2 is 1.85 bits per heavy atom. The van der Waals surface area contributed by atoms with Crippen LogP contribution in [0.15, 0.2) is 20.0 Å². The molecule has 8 heteroatoms. The van der Waals surface area contributed by atoms with E-state index in [0.717, 1.165) is 72.3 Å². The van der Waals surface area contributed by atoms with Crippen molar-refractivity contribution in [3.05, 3.63) is 39.5 Å². The number of nitrogens with zero attached hydrogens (tertiary/aromatic N) is 2. The van der Waals surface area contributed by atoms with Crippen molar-refractivity contribution < 1.29 is 9.00 Å². The number of urea groups is 1. The van der Waals surface area contributed by atoms with Crippen molar-refractivity contribution in [3.63, 3.8) is 0 Å². The SMILES string of the molecule is CC(C)c1csc([S@@](N)(=O)=NC(=O)Nc2c3c(nc4c2CCC4)CCC3)c1. The molecule has 0 saturated carbocycles. The maximum absolute atomic E-state index is 12.8. The van der Waals surface area contributed by atoms with E-state index in [2.05, 4.69) is 23.5 Å². The number of carbonyl (C=O) groups is 1. The highest BCUT2D eigenvalue weighted by molar-refractivity contribution is 7.93. The van der Waals surface area contributed by atoms with Gasteiger partial charge in [-0.1, -0.05) is 13.8 Å². The third kappa shape index (κ3) is 3.53. The van der Waals surface area contributed by atoms with E-state index in [1.807, 2.05) is 5.38 Å². The van der Waals surface area contributed by atoms with Gasteiger partial charge in [0.1, 0.15) is 4.21 Å². The fraction of sp³-hybridized carbons (Fsp3) is 0.474. The Kier molecular flexibility index (Phi) is 4.82. The third-order valence-electron chi connectivity index (χ3n) is 5.25. The number of anilines is 1. The molecule has 1 atom stereocenters. The van der Waals surface area contributed by atoms with Crippen molar-refractivity contribution in [2.24, 2.45) is 9.50 Å². The second-order valence-electron chi connectivity index (χ2n) is 7.49. The van der Waals surface area contributed by atoms with E-state index in [4.69, 9.17) is 10.1 Å². The Labute approximate surface area is 163 Å². The lowest BCUT2D eigenvalue weighted by atomic mass is 10.1. The molecular weight excluding hydrogens is 380 g/mol. The molecular formula is C19H24N4O2S2. The number of nitrogens with one attached hydrogen (secondary N) is 1. The first-order valence-electron chi connectivity index (χ1n) is 9.33. The predicted molar refractivity (Wildman–Crippen MR) is 109 cm³/mol. The largest absolute Gasteiger partial charge is 0.354 e. The fourth-order valence-corrected chi connectivity index (χ4v) is 6.11. The first-order chi connectivity index (χ1) is 12.8. The van der Waals surface area contributed by atoms with Crippen LogP contribution in [0.4, 0.5) is 10.5 Å². The zero-order valence-corrected chi connectivity index (χ0v) is 17.2. The average molecular weight is 405 g/mol. The topological polar surface area (TPSA) is 97.4 Å². The highest BCUT2D eigenvalue weighted by Crippen LogP contribution is 2.36. The highest BCUT2D eigenvalue weighted by atomic mass is 32.2. The van der Waals surface area contributed by atoms with Gasteiger partial charge in [-0.15, -0.1) is 15.7 Å². The second-order valence-corrected chi connectivity index (χ2v) is 10.4. The lowest BCUT2D eigenvalue weighted by Crippen LogP contribution is -2.18. The molecule has 3 N–H and O–H groups in total. The lowest BCUT2D eigenvalue weighted by Gasteiger charge is -2.14. The van der Waals surface area contributed by atoms with Gasteiger partial charge in [0.2, 0.25) is 0 Å². The van der Waals surface area contributed by atoms with Crippen LogP contribution >= 0.6 is 11.3 Å². The fourth-order valence-electron chi connectivity index (χ4n) is 3.82. The first-order valence-corrected chi connectivity index (χ1v) is 11.8. The van der Waals surface area contributed by atoms with Crippen LogP contribution in [0.2, 0.25) is 0 Å². The van der Waals surface area contributed by atoms with Crippen molar-refractivity contribution in [2.45, 2.75) is 62.5 Å². The lowest BCUT2D eigenvalue weighted by molar-refractivity contribution is 0.260. The van der Waals surface area contributed by atoms with Crippen molar-refractivity contribution >= 4 is 33.0 Å². The maximum atomic E-state index is 12.8. The quantitative estimate of drug-likeness (QED) is 0.803. The summed E-state index contributed by atoms with van der Waals surface area (Å²) in [5.74, 6) is 0.307. The number of rotatable bonds is 3. The molecule has 0 bridgehead atoms. The van der Waals surface area contributed by atoms with E-state index in [9.17, 15) is 9.00 Å². The molecule has 0 radical (unpaired) electrons. The Bertz CT molecular complexity index is 1000. The second kappa shape index (κ2) is 7.00. The van der Waals surface area contributed by atoms with Crippen molar-refractivity contribution in [1.82, 2.24) is 4.98 Å². The minimum absolute atomic E-state index is 0.307. The summed E-state index contributed by atoms with van der Waals surface area (Å²) in [5, 5.41) is 10.7. The summed E-state index contributed by atoms with van der Waals surface area (Å²) < 4.78 is 17.1. The van der Waals surface area contributed by atoms with Gasteiger partial charge in [0.25, 0.3) is 0 Å². The number of hydrogen-bond donors (Lipinski definition) is 2. The highest BCUT2D eigenvalue weighted by Gasteiger charge is 2.26. The number of aryl methyl sites for hydroxylation is 2. The molecule has 0 saturated heterocycles. The van der Waals surface area contributed by atoms with Crippen LogP contribution in [0.25, 0.3) is 0 Å². The van der Waals surface area contributed by atoms with Crippen LogP contribution in [-0.4, -0.2) is 15.2 Å². The van der Waals surface area contributed by atoms with Crippen LogP contribution < -0.4 is 10.5 Å². The molecule has 2 aromatic heterocycles. The van der Waals surface area contributed by atoms with E-state index in [1.54, 1.807) is 6.07 Å². The molecule has 2 aliphatic rings. The van der Waals surface area contributed by atoms with Crippen LogP contribution in [0.5, 0.6) is 0 Å². The van der Waals surface area contributed by atoms with Crippen molar-refractivity contribution in [3.8, 4) is 0 Å². The summed E-state index contributed by atoms with van der Waals surface area (Å²) in [6.45, 7) is 4.11. The van der Waals surface area contributed by atoms with Crippen LogP contribution in [0.3, 0.4) is 0 Å². The Morgan fingerprint density at radius 1 is 1.22 bits per heavy atom. The molecule has 0 unspecified atom stereocenters. The number of thiophene rings is 1. The summed E-state index contributed by atoms with van der Waals surface area (Å²) >= 11 is 1.29. The van der Waals surface area contributed by atoms with Gasteiger partial charge in [0.15, 0.2) is 9.92 Å². The summed E-state index contributed by atoms with van der Waals surface area (Å²) in [4.78, 5) is 17.4. The van der Waals surface area contributed by atoms with Gasteiger partial charge < -0.3 is 5.32 Å². The van der Waals surface area contributed by atoms with E-state index >= 15 is 0 Å². The van der Waals surface area contributed by atoms with Gasteiger partial charge in [-0.25, -0.2) is 14.1 Å². The monoisotopic (exact) mass is 404 g/mol. The number of fused-ring (bicyclic) bond motifs is 2. The van der Waals surface area contributed by atoms with Crippen molar-refractivity contribution in [2.75, 3.05) is 5.32 Å². The number of pyridine rings is 1. The van der Waals surface area contributed by atoms with E-state index in [-0.39, 0.29) is 0 Å².